The highest BCUT2D eigenvalue weighted by molar-refractivity contribution is 5.81. The van der Waals surface area contributed by atoms with Gasteiger partial charge in [-0.25, -0.2) is 9.59 Å². The number of nitrogens with one attached hydrogen (secondary N) is 3. The largest absolute Gasteiger partial charge is 0.462 e. The molecule has 3 amide bonds. The Kier molecular flexibility index (Phi) is 19.6. The minimum atomic E-state index is -0.619. The van der Waals surface area contributed by atoms with Gasteiger partial charge >= 0.3 is 18.2 Å². The van der Waals surface area contributed by atoms with E-state index < -0.39 is 34.5 Å². The van der Waals surface area contributed by atoms with Crippen molar-refractivity contribution in [3.63, 3.8) is 0 Å². The molecule has 4 aliphatic carbocycles. The van der Waals surface area contributed by atoms with Crippen molar-refractivity contribution < 1.29 is 41.9 Å². The monoisotopic (exact) mass is 939 g/mol. The molecule has 0 aliphatic heterocycles. The number of amides is 3. The second-order valence-electron chi connectivity index (χ2n) is 25.5. The topological polar surface area (TPSA) is 135 Å². The molecule has 0 heterocycles. The Hall–Kier alpha value is -2.82. The first kappa shape index (κ1) is 55.8. The normalized spacial score (nSPS) is 27.2. The van der Waals surface area contributed by atoms with Crippen molar-refractivity contribution >= 4 is 24.1 Å². The van der Waals surface area contributed by atoms with Gasteiger partial charge in [-0.1, -0.05) is 65.5 Å². The summed E-state index contributed by atoms with van der Waals surface area (Å²) in [7, 11) is 0. The summed E-state index contributed by atoms with van der Waals surface area (Å²) < 4.78 is 17.1. The SMILES string of the molecule is CC(C)CCCC(C)C1CCC2[C@@H]3CC=C4C[C@@H](OC(=O)CCC(=O)N(CCCCNCCC(C)(C)NC(=O)OC(C)(C)C)CCC(C)(C)NC(=O)OC(C)(C)C)CC[C@]4(C)C3CC[C@]12C.[HH].[HH].[HH].[HH].[HH].[HH]. The molecule has 3 saturated carbocycles. The Morgan fingerprint density at radius 2 is 1.38 bits per heavy atom. The van der Waals surface area contributed by atoms with Crippen LogP contribution in [0.15, 0.2) is 11.6 Å². The molecule has 11 nitrogen and oxygen atoms in total. The number of allylic oxidation sites excluding steroid dienone is 1. The molecule has 3 N–H and O–H groups in total. The summed E-state index contributed by atoms with van der Waals surface area (Å²) >= 11 is 0. The van der Waals surface area contributed by atoms with Crippen LogP contribution in [0.3, 0.4) is 0 Å². The molecular formula is C55H110N4O7. The predicted molar refractivity (Wildman–Crippen MR) is 280 cm³/mol. The van der Waals surface area contributed by atoms with Crippen LogP contribution < -0.4 is 16.0 Å². The first-order valence-electron chi connectivity index (χ1n) is 26.4. The molecule has 11 heteroatoms. The van der Waals surface area contributed by atoms with Crippen LogP contribution in [0, 0.1) is 46.3 Å². The van der Waals surface area contributed by atoms with E-state index >= 15 is 0 Å². The number of hydrogen-bond donors (Lipinski definition) is 3. The van der Waals surface area contributed by atoms with Gasteiger partial charge in [0.25, 0.3) is 0 Å². The van der Waals surface area contributed by atoms with E-state index in [0.29, 0.717) is 30.8 Å². The van der Waals surface area contributed by atoms with Crippen LogP contribution in [0.25, 0.3) is 0 Å². The zero-order chi connectivity index (χ0) is 49.3. The molecule has 0 aromatic rings. The summed E-state index contributed by atoms with van der Waals surface area (Å²) in [4.78, 5) is 54.1. The van der Waals surface area contributed by atoms with Crippen molar-refractivity contribution in [1.82, 2.24) is 20.9 Å². The van der Waals surface area contributed by atoms with E-state index in [1.807, 2.05) is 74.1 Å². The molecule has 0 saturated heterocycles. The second kappa shape index (κ2) is 23.2. The number of rotatable bonds is 22. The molecule has 0 radical (unpaired) electrons. The number of carbonyl (C=O) groups is 4. The second-order valence-corrected chi connectivity index (χ2v) is 25.5. The minimum absolute atomic E-state index is 0. The lowest BCUT2D eigenvalue weighted by atomic mass is 9.47. The fraction of sp³-hybridized carbons (Fsp3) is 0.891. The summed E-state index contributed by atoms with van der Waals surface area (Å²) in [6.07, 6.45) is 18.0. The van der Waals surface area contributed by atoms with Gasteiger partial charge in [-0.3, -0.25) is 9.59 Å². The third-order valence-corrected chi connectivity index (χ3v) is 16.1. The molecule has 0 aromatic carbocycles. The van der Waals surface area contributed by atoms with Gasteiger partial charge in [-0.15, -0.1) is 0 Å². The summed E-state index contributed by atoms with van der Waals surface area (Å²) in [6, 6.07) is 0. The Morgan fingerprint density at radius 1 is 0.742 bits per heavy atom. The summed E-state index contributed by atoms with van der Waals surface area (Å²) in [5.74, 6) is 4.38. The average molecular weight is 940 g/mol. The Morgan fingerprint density at radius 3 is 2.00 bits per heavy atom. The highest BCUT2D eigenvalue weighted by atomic mass is 16.6. The lowest BCUT2D eigenvalue weighted by Gasteiger charge is -2.58. The minimum Gasteiger partial charge on any atom is -0.462 e. The van der Waals surface area contributed by atoms with E-state index in [0.717, 1.165) is 81.2 Å². The Balaban J connectivity index is -0.00000793. The van der Waals surface area contributed by atoms with Gasteiger partial charge in [0, 0.05) is 45.6 Å². The van der Waals surface area contributed by atoms with Crippen molar-refractivity contribution in [3.05, 3.63) is 11.6 Å². The molecule has 8 atom stereocenters. The summed E-state index contributed by atoms with van der Waals surface area (Å²) in [6.45, 7) is 33.8. The lowest BCUT2D eigenvalue weighted by molar-refractivity contribution is -0.153. The van der Waals surface area contributed by atoms with E-state index in [2.05, 4.69) is 56.6 Å². The van der Waals surface area contributed by atoms with Crippen LogP contribution in [-0.4, -0.2) is 83.5 Å². The first-order valence-corrected chi connectivity index (χ1v) is 26.4. The van der Waals surface area contributed by atoms with Gasteiger partial charge in [0.15, 0.2) is 0 Å². The van der Waals surface area contributed by atoms with Crippen LogP contribution in [0.4, 0.5) is 9.59 Å². The molecule has 4 aliphatic rings. The van der Waals surface area contributed by atoms with Gasteiger partial charge in [0.1, 0.15) is 17.3 Å². The van der Waals surface area contributed by atoms with Crippen LogP contribution in [-0.2, 0) is 23.8 Å². The van der Waals surface area contributed by atoms with Crippen LogP contribution in [0.5, 0.6) is 0 Å². The maximum Gasteiger partial charge on any atom is 0.408 e. The Labute approximate surface area is 411 Å². The predicted octanol–water partition coefficient (Wildman–Crippen LogP) is 13.8. The van der Waals surface area contributed by atoms with E-state index in [1.165, 1.54) is 56.9 Å². The van der Waals surface area contributed by atoms with E-state index in [-0.39, 0.29) is 44.8 Å². The lowest BCUT2D eigenvalue weighted by Crippen LogP contribution is -2.51. The van der Waals surface area contributed by atoms with Gasteiger partial charge in [0.05, 0.1) is 6.42 Å². The smallest absolute Gasteiger partial charge is 0.408 e. The van der Waals surface area contributed by atoms with Gasteiger partial charge < -0.3 is 35.1 Å². The van der Waals surface area contributed by atoms with Crippen molar-refractivity contribution in [3.8, 4) is 0 Å². The number of esters is 1. The Bertz CT molecular complexity index is 1670. The maximum absolute atomic E-state index is 13.8. The molecule has 3 fully saturated rings. The highest BCUT2D eigenvalue weighted by Crippen LogP contribution is 2.67. The third kappa shape index (κ3) is 16.7. The number of alkyl carbamates (subject to hydrolysis) is 2. The molecule has 0 bridgehead atoms. The number of hydrogen-bond acceptors (Lipinski definition) is 8. The van der Waals surface area contributed by atoms with Crippen molar-refractivity contribution in [1.29, 1.82) is 0 Å². The van der Waals surface area contributed by atoms with Crippen LogP contribution in [0.1, 0.15) is 222 Å². The third-order valence-electron chi connectivity index (χ3n) is 16.1. The van der Waals surface area contributed by atoms with E-state index in [4.69, 9.17) is 14.2 Å². The molecule has 66 heavy (non-hydrogen) atoms. The molecule has 392 valence electrons. The number of unbranched alkanes of at least 4 members (excludes halogenated alkanes) is 1. The zero-order valence-corrected chi connectivity index (χ0v) is 44.8. The highest BCUT2D eigenvalue weighted by Gasteiger charge is 2.59. The quantitative estimate of drug-likeness (QED) is 0.0423. The fourth-order valence-corrected chi connectivity index (χ4v) is 12.5. The number of carbonyl (C=O) groups excluding carboxylic acids is 4. The number of fused-ring (bicyclic) bond motifs is 5. The summed E-state index contributed by atoms with van der Waals surface area (Å²) in [5, 5.41) is 9.40. The summed E-state index contributed by atoms with van der Waals surface area (Å²) in [5.41, 5.74) is -0.0709. The number of ether oxygens (including phenoxy) is 3. The van der Waals surface area contributed by atoms with Crippen molar-refractivity contribution in [2.45, 2.75) is 241 Å². The van der Waals surface area contributed by atoms with Gasteiger partial charge in [-0.2, -0.15) is 0 Å². The van der Waals surface area contributed by atoms with Crippen LogP contribution >= 0.6 is 0 Å². The fourth-order valence-electron chi connectivity index (χ4n) is 12.5. The maximum atomic E-state index is 13.8. The van der Waals surface area contributed by atoms with Crippen molar-refractivity contribution in [2.75, 3.05) is 26.2 Å². The standard InChI is InChI=1S/C55H98N4O7.6H2/c1-38(2)19-18-20-39(3)43-23-24-44-42-22-21-40-37-41(27-29-54(40,14)45(42)28-30-55(43,44)15)64-47(61)26-25-46(60)59(36-32-53(12,13)58-49(63)66-51(7,8)9)35-17-16-33-56-34-31-52(10,11)57-48(62)65-50(4,5)6;;;;;;/h21,38-39,41-45,56H,16-20,22-37H2,1-15H3,(H,57,62)(H,58,63);6*1H/t39?,41-,42-,43?,44?,45?,54-,55+;;;;;;/m0....../s1. The van der Waals surface area contributed by atoms with E-state index in [1.54, 1.807) is 0 Å². The molecule has 4 unspecified atom stereocenters. The average Bonchev–Trinajstić information content (AvgIpc) is 3.53. The zero-order valence-electron chi connectivity index (χ0n) is 44.8. The van der Waals surface area contributed by atoms with Gasteiger partial charge in [-0.05, 0) is 199 Å². The van der Waals surface area contributed by atoms with E-state index in [9.17, 15) is 19.2 Å². The molecular weight excluding hydrogens is 829 g/mol. The molecule has 0 spiro atoms. The van der Waals surface area contributed by atoms with Crippen molar-refractivity contribution in [2.24, 2.45) is 46.3 Å². The molecule has 0 aromatic heterocycles. The van der Waals surface area contributed by atoms with Crippen LogP contribution in [0.2, 0.25) is 0 Å². The number of nitrogens with zero attached hydrogens (tertiary/aromatic N) is 1. The molecule has 4 rings (SSSR count). The first-order chi connectivity index (χ1) is 30.5. The van der Waals surface area contributed by atoms with Gasteiger partial charge in [0.2, 0.25) is 5.91 Å².